The van der Waals surface area contributed by atoms with Crippen LogP contribution in [0.2, 0.25) is 0 Å². The van der Waals surface area contributed by atoms with E-state index in [2.05, 4.69) is 4.98 Å². The van der Waals surface area contributed by atoms with Gasteiger partial charge in [0.05, 0.1) is 11.3 Å². The Morgan fingerprint density at radius 3 is 2.62 bits per heavy atom. The second-order valence-electron chi connectivity index (χ2n) is 3.22. The Morgan fingerprint density at radius 2 is 2.15 bits per heavy atom. The summed E-state index contributed by atoms with van der Waals surface area (Å²) in [5.41, 5.74) is 4.07. The zero-order valence-corrected chi connectivity index (χ0v) is 7.50. The number of rotatable bonds is 1. The standard InChI is InChI=1S/C9H10FN3/c1-9(2,10)8-6(5-11)3-4-7(12)13-8/h3-4H,1-2H3,(H2,12,13). The molecule has 4 heteroatoms. The van der Waals surface area contributed by atoms with Crippen molar-refractivity contribution in [1.29, 1.82) is 5.26 Å². The van der Waals surface area contributed by atoms with Crippen LogP contribution in [0, 0.1) is 11.3 Å². The SMILES string of the molecule is CC(C)(F)c1nc(N)ccc1C#N. The zero-order valence-electron chi connectivity index (χ0n) is 7.50. The second-order valence-corrected chi connectivity index (χ2v) is 3.22. The molecule has 0 bridgehead atoms. The van der Waals surface area contributed by atoms with Crippen molar-refractivity contribution in [1.82, 2.24) is 4.98 Å². The van der Waals surface area contributed by atoms with Crippen LogP contribution in [0.4, 0.5) is 10.2 Å². The summed E-state index contributed by atoms with van der Waals surface area (Å²) in [6.07, 6.45) is 0. The van der Waals surface area contributed by atoms with Gasteiger partial charge in [0.15, 0.2) is 0 Å². The predicted molar refractivity (Wildman–Crippen MR) is 47.5 cm³/mol. The smallest absolute Gasteiger partial charge is 0.148 e. The summed E-state index contributed by atoms with van der Waals surface area (Å²) in [5, 5.41) is 8.68. The molecule has 13 heavy (non-hydrogen) atoms. The van der Waals surface area contributed by atoms with Crippen LogP contribution in [0.1, 0.15) is 25.1 Å². The van der Waals surface area contributed by atoms with E-state index in [0.29, 0.717) is 0 Å². The van der Waals surface area contributed by atoms with E-state index in [4.69, 9.17) is 11.0 Å². The number of nitrogen functional groups attached to an aromatic ring is 1. The molecular weight excluding hydrogens is 169 g/mol. The lowest BCUT2D eigenvalue weighted by Gasteiger charge is -2.14. The molecule has 2 N–H and O–H groups in total. The van der Waals surface area contributed by atoms with E-state index in [0.717, 1.165) is 0 Å². The van der Waals surface area contributed by atoms with Gasteiger partial charge in [-0.3, -0.25) is 0 Å². The summed E-state index contributed by atoms with van der Waals surface area (Å²) in [4.78, 5) is 3.80. The number of aromatic nitrogens is 1. The van der Waals surface area contributed by atoms with Gasteiger partial charge < -0.3 is 5.73 Å². The molecule has 0 unspecified atom stereocenters. The van der Waals surface area contributed by atoms with Crippen LogP contribution in [0.5, 0.6) is 0 Å². The molecule has 0 aromatic carbocycles. The van der Waals surface area contributed by atoms with Gasteiger partial charge in [-0.15, -0.1) is 0 Å². The van der Waals surface area contributed by atoms with E-state index in [1.807, 2.05) is 6.07 Å². The van der Waals surface area contributed by atoms with E-state index in [1.54, 1.807) is 0 Å². The highest BCUT2D eigenvalue weighted by Gasteiger charge is 2.24. The lowest BCUT2D eigenvalue weighted by atomic mass is 10.0. The van der Waals surface area contributed by atoms with Crippen LogP contribution < -0.4 is 5.73 Å². The lowest BCUT2D eigenvalue weighted by molar-refractivity contribution is 0.214. The molecule has 1 aromatic rings. The lowest BCUT2D eigenvalue weighted by Crippen LogP contribution is -2.14. The van der Waals surface area contributed by atoms with Gasteiger partial charge in [-0.05, 0) is 26.0 Å². The summed E-state index contributed by atoms with van der Waals surface area (Å²) in [7, 11) is 0. The molecule has 1 aromatic heterocycles. The third-order valence-electron chi connectivity index (χ3n) is 1.60. The van der Waals surface area contributed by atoms with Gasteiger partial charge in [0.25, 0.3) is 0 Å². The van der Waals surface area contributed by atoms with Gasteiger partial charge in [-0.2, -0.15) is 5.26 Å². The Balaban J connectivity index is 3.35. The molecule has 68 valence electrons. The summed E-state index contributed by atoms with van der Waals surface area (Å²) in [5.74, 6) is 0.222. The molecule has 0 radical (unpaired) electrons. The topological polar surface area (TPSA) is 62.7 Å². The quantitative estimate of drug-likeness (QED) is 0.714. The number of pyridine rings is 1. The highest BCUT2D eigenvalue weighted by atomic mass is 19.1. The number of hydrogen-bond acceptors (Lipinski definition) is 3. The molecular formula is C9H10FN3. The van der Waals surface area contributed by atoms with Gasteiger partial charge in [-0.25, -0.2) is 9.37 Å². The molecule has 0 spiro atoms. The summed E-state index contributed by atoms with van der Waals surface area (Å²) in [6.45, 7) is 2.69. The van der Waals surface area contributed by atoms with Gasteiger partial charge >= 0.3 is 0 Å². The largest absolute Gasteiger partial charge is 0.384 e. The first kappa shape index (κ1) is 9.46. The highest BCUT2D eigenvalue weighted by molar-refractivity contribution is 5.42. The Kier molecular flexibility index (Phi) is 2.20. The first-order chi connectivity index (χ1) is 5.95. The van der Waals surface area contributed by atoms with Gasteiger partial charge in [0, 0.05) is 0 Å². The van der Waals surface area contributed by atoms with E-state index in [9.17, 15) is 4.39 Å². The number of halogens is 1. The fourth-order valence-corrected chi connectivity index (χ4v) is 1.02. The maximum Gasteiger partial charge on any atom is 0.148 e. The number of hydrogen-bond donors (Lipinski definition) is 1. The number of anilines is 1. The Bertz CT molecular complexity index is 360. The molecule has 3 nitrogen and oxygen atoms in total. The van der Waals surface area contributed by atoms with Crippen LogP contribution >= 0.6 is 0 Å². The molecule has 0 aliphatic rings. The minimum absolute atomic E-state index is 0.0926. The molecule has 0 fully saturated rings. The van der Waals surface area contributed by atoms with Crippen LogP contribution in [0.15, 0.2) is 12.1 Å². The maximum atomic E-state index is 13.5. The number of nitrogens with two attached hydrogens (primary N) is 1. The van der Waals surface area contributed by atoms with E-state index in [-0.39, 0.29) is 17.1 Å². The van der Waals surface area contributed by atoms with Crippen molar-refractivity contribution in [2.75, 3.05) is 5.73 Å². The Labute approximate surface area is 76.0 Å². The van der Waals surface area contributed by atoms with Crippen molar-refractivity contribution in [3.63, 3.8) is 0 Å². The molecule has 1 rings (SSSR count). The first-order valence-corrected chi connectivity index (χ1v) is 3.81. The monoisotopic (exact) mass is 179 g/mol. The second kappa shape index (κ2) is 3.02. The Morgan fingerprint density at radius 1 is 1.54 bits per heavy atom. The molecule has 0 aliphatic heterocycles. The molecule has 0 atom stereocenters. The fraction of sp³-hybridized carbons (Fsp3) is 0.333. The number of nitrogens with zero attached hydrogens (tertiary/aromatic N) is 2. The average Bonchev–Trinajstić information content (AvgIpc) is 2.03. The molecule has 0 saturated heterocycles. The van der Waals surface area contributed by atoms with E-state index in [1.165, 1.54) is 26.0 Å². The predicted octanol–water partition coefficient (Wildman–Crippen LogP) is 1.74. The maximum absolute atomic E-state index is 13.5. The molecule has 0 saturated carbocycles. The normalized spacial score (nSPS) is 10.9. The minimum atomic E-state index is -1.64. The van der Waals surface area contributed by atoms with E-state index >= 15 is 0 Å². The summed E-state index contributed by atoms with van der Waals surface area (Å²) in [6, 6.07) is 4.82. The van der Waals surface area contributed by atoms with E-state index < -0.39 is 5.67 Å². The third kappa shape index (κ3) is 1.94. The van der Waals surface area contributed by atoms with Crippen molar-refractivity contribution in [2.24, 2.45) is 0 Å². The van der Waals surface area contributed by atoms with Crippen LogP contribution in [0.3, 0.4) is 0 Å². The zero-order chi connectivity index (χ0) is 10.1. The third-order valence-corrected chi connectivity index (χ3v) is 1.60. The van der Waals surface area contributed by atoms with Crippen LogP contribution in [-0.2, 0) is 5.67 Å². The van der Waals surface area contributed by atoms with Gasteiger partial charge in [-0.1, -0.05) is 0 Å². The van der Waals surface area contributed by atoms with Gasteiger partial charge in [0.2, 0.25) is 0 Å². The van der Waals surface area contributed by atoms with Gasteiger partial charge in [0.1, 0.15) is 17.6 Å². The fourth-order valence-electron chi connectivity index (χ4n) is 1.02. The van der Waals surface area contributed by atoms with Crippen molar-refractivity contribution < 1.29 is 4.39 Å². The number of nitriles is 1. The van der Waals surface area contributed by atoms with Crippen LogP contribution in [-0.4, -0.2) is 4.98 Å². The Hall–Kier alpha value is -1.63. The van der Waals surface area contributed by atoms with Crippen molar-refractivity contribution >= 4 is 5.82 Å². The molecule has 0 aliphatic carbocycles. The average molecular weight is 179 g/mol. The van der Waals surface area contributed by atoms with Crippen molar-refractivity contribution in [3.8, 4) is 6.07 Å². The van der Waals surface area contributed by atoms with Crippen molar-refractivity contribution in [3.05, 3.63) is 23.4 Å². The summed E-state index contributed by atoms with van der Waals surface area (Å²) < 4.78 is 13.5. The number of alkyl halides is 1. The molecule has 1 heterocycles. The van der Waals surface area contributed by atoms with Crippen LogP contribution in [0.25, 0.3) is 0 Å². The van der Waals surface area contributed by atoms with Crippen molar-refractivity contribution in [2.45, 2.75) is 19.5 Å². The summed E-state index contributed by atoms with van der Waals surface area (Å²) >= 11 is 0. The minimum Gasteiger partial charge on any atom is -0.384 e. The molecule has 0 amide bonds. The highest BCUT2D eigenvalue weighted by Crippen LogP contribution is 2.26. The first-order valence-electron chi connectivity index (χ1n) is 3.81.